The number of carbonyl (C=O) groups is 1. The molecule has 0 unspecified atom stereocenters. The number of nitrogens with one attached hydrogen (secondary N) is 1. The molecular weight excluding hydrogens is 196 g/mol. The molecule has 0 radical (unpaired) electrons. The molecule has 0 saturated heterocycles. The number of carbonyl (C=O) groups excluding carboxylic acids is 1. The van der Waals surface area contributed by atoms with Gasteiger partial charge in [-0.2, -0.15) is 0 Å². The third-order valence-electron chi connectivity index (χ3n) is 1.96. The maximum Gasteiger partial charge on any atom is 0.374 e. The van der Waals surface area contributed by atoms with Crippen LogP contribution in [0.15, 0.2) is 18.2 Å². The second-order valence-electron chi connectivity index (χ2n) is 2.98. The molecule has 0 aliphatic heterocycles. The van der Waals surface area contributed by atoms with Gasteiger partial charge in [0, 0.05) is 0 Å². The standard InChI is InChI=1S/C10H10N2O3/c1-2-15-10(14)9-11-6-4-3-5-7(13)8(6)12-9/h3-5,13H,2H2,1H3,(H,11,12). The minimum Gasteiger partial charge on any atom is -0.506 e. The van der Waals surface area contributed by atoms with Crippen LogP contribution in [0.25, 0.3) is 11.0 Å². The van der Waals surface area contributed by atoms with Gasteiger partial charge in [-0.25, -0.2) is 9.78 Å². The van der Waals surface area contributed by atoms with Crippen molar-refractivity contribution in [2.75, 3.05) is 6.61 Å². The number of aromatic amines is 1. The second-order valence-corrected chi connectivity index (χ2v) is 2.98. The Bertz CT molecular complexity index is 504. The highest BCUT2D eigenvalue weighted by molar-refractivity contribution is 5.91. The number of hydrogen-bond acceptors (Lipinski definition) is 4. The van der Waals surface area contributed by atoms with Gasteiger partial charge in [-0.15, -0.1) is 0 Å². The smallest absolute Gasteiger partial charge is 0.374 e. The Labute approximate surface area is 85.7 Å². The number of nitrogens with zero attached hydrogens (tertiary/aromatic N) is 1. The summed E-state index contributed by atoms with van der Waals surface area (Å²) < 4.78 is 4.78. The van der Waals surface area contributed by atoms with Crippen molar-refractivity contribution in [1.29, 1.82) is 0 Å². The van der Waals surface area contributed by atoms with Gasteiger partial charge in [0.2, 0.25) is 5.82 Å². The molecule has 2 aromatic rings. The van der Waals surface area contributed by atoms with Crippen LogP contribution in [-0.2, 0) is 4.74 Å². The summed E-state index contributed by atoms with van der Waals surface area (Å²) in [5.74, 6) is -0.374. The zero-order chi connectivity index (χ0) is 10.8. The van der Waals surface area contributed by atoms with E-state index in [0.717, 1.165) is 0 Å². The van der Waals surface area contributed by atoms with Gasteiger partial charge in [-0.1, -0.05) is 6.07 Å². The molecule has 0 aliphatic rings. The Kier molecular flexibility index (Phi) is 2.29. The Morgan fingerprint density at radius 1 is 1.60 bits per heavy atom. The highest BCUT2D eigenvalue weighted by Crippen LogP contribution is 2.21. The number of fused-ring (bicyclic) bond motifs is 1. The molecule has 0 bridgehead atoms. The number of hydrogen-bond donors (Lipinski definition) is 2. The summed E-state index contributed by atoms with van der Waals surface area (Å²) >= 11 is 0. The van der Waals surface area contributed by atoms with Gasteiger partial charge in [0.25, 0.3) is 0 Å². The molecule has 0 amide bonds. The fourth-order valence-corrected chi connectivity index (χ4v) is 1.31. The lowest BCUT2D eigenvalue weighted by atomic mass is 10.3. The molecule has 0 saturated carbocycles. The second kappa shape index (κ2) is 3.61. The Balaban J connectivity index is 2.47. The van der Waals surface area contributed by atoms with E-state index in [1.165, 1.54) is 6.07 Å². The molecule has 0 aliphatic carbocycles. The molecule has 15 heavy (non-hydrogen) atoms. The normalized spacial score (nSPS) is 10.5. The number of rotatable bonds is 2. The first-order valence-corrected chi connectivity index (χ1v) is 4.57. The first-order valence-electron chi connectivity index (χ1n) is 4.57. The largest absolute Gasteiger partial charge is 0.506 e. The minimum atomic E-state index is -0.520. The van der Waals surface area contributed by atoms with E-state index in [0.29, 0.717) is 17.6 Å². The van der Waals surface area contributed by atoms with Gasteiger partial charge in [0.15, 0.2) is 0 Å². The summed E-state index contributed by atoms with van der Waals surface area (Å²) in [6, 6.07) is 4.91. The summed E-state index contributed by atoms with van der Waals surface area (Å²) in [4.78, 5) is 18.1. The van der Waals surface area contributed by atoms with E-state index in [4.69, 9.17) is 4.74 Å². The van der Waals surface area contributed by atoms with E-state index in [-0.39, 0.29) is 11.6 Å². The van der Waals surface area contributed by atoms with E-state index in [1.807, 2.05) is 0 Å². The van der Waals surface area contributed by atoms with Gasteiger partial charge in [-0.05, 0) is 19.1 Å². The van der Waals surface area contributed by atoms with Gasteiger partial charge in [-0.3, -0.25) is 0 Å². The van der Waals surface area contributed by atoms with Gasteiger partial charge in [0.1, 0.15) is 11.3 Å². The Morgan fingerprint density at radius 3 is 3.07 bits per heavy atom. The molecule has 78 valence electrons. The molecule has 5 nitrogen and oxygen atoms in total. The van der Waals surface area contributed by atoms with Gasteiger partial charge in [0.05, 0.1) is 12.1 Å². The molecule has 1 aromatic carbocycles. The van der Waals surface area contributed by atoms with Crippen molar-refractivity contribution in [2.24, 2.45) is 0 Å². The van der Waals surface area contributed by atoms with Crippen LogP contribution in [0.1, 0.15) is 17.5 Å². The van der Waals surface area contributed by atoms with Crippen LogP contribution in [0, 0.1) is 0 Å². The van der Waals surface area contributed by atoms with Gasteiger partial charge < -0.3 is 14.8 Å². The fraction of sp³-hybridized carbons (Fsp3) is 0.200. The lowest BCUT2D eigenvalue weighted by Gasteiger charge is -1.95. The van der Waals surface area contributed by atoms with Crippen molar-refractivity contribution in [3.63, 3.8) is 0 Å². The van der Waals surface area contributed by atoms with E-state index < -0.39 is 5.97 Å². The van der Waals surface area contributed by atoms with Crippen LogP contribution in [0.2, 0.25) is 0 Å². The zero-order valence-corrected chi connectivity index (χ0v) is 8.15. The molecular formula is C10H10N2O3. The maximum atomic E-state index is 11.3. The first kappa shape index (κ1) is 9.51. The summed E-state index contributed by atoms with van der Waals surface area (Å²) in [6.45, 7) is 2.01. The quantitative estimate of drug-likeness (QED) is 0.729. The highest BCUT2D eigenvalue weighted by atomic mass is 16.5. The first-order chi connectivity index (χ1) is 7.22. The topological polar surface area (TPSA) is 75.2 Å². The number of esters is 1. The number of para-hydroxylation sites is 1. The monoisotopic (exact) mass is 206 g/mol. The minimum absolute atomic E-state index is 0.0410. The van der Waals surface area contributed by atoms with E-state index in [9.17, 15) is 9.90 Å². The number of ether oxygens (including phenoxy) is 1. The average molecular weight is 206 g/mol. The third kappa shape index (κ3) is 1.63. The lowest BCUT2D eigenvalue weighted by Crippen LogP contribution is -2.06. The van der Waals surface area contributed by atoms with Crippen molar-refractivity contribution < 1.29 is 14.6 Å². The highest BCUT2D eigenvalue weighted by Gasteiger charge is 2.13. The number of benzene rings is 1. The predicted octanol–water partition coefficient (Wildman–Crippen LogP) is 1.45. The van der Waals surface area contributed by atoms with Crippen LogP contribution < -0.4 is 0 Å². The van der Waals surface area contributed by atoms with Crippen LogP contribution in [-0.4, -0.2) is 27.7 Å². The van der Waals surface area contributed by atoms with Crippen molar-refractivity contribution in [3.05, 3.63) is 24.0 Å². The number of aromatic nitrogens is 2. The summed E-state index contributed by atoms with van der Waals surface area (Å²) in [7, 11) is 0. The fourth-order valence-electron chi connectivity index (χ4n) is 1.31. The molecule has 0 atom stereocenters. The average Bonchev–Trinajstić information content (AvgIpc) is 2.63. The summed E-state index contributed by atoms with van der Waals surface area (Å²) in [6.07, 6.45) is 0. The maximum absolute atomic E-state index is 11.3. The predicted molar refractivity (Wildman–Crippen MR) is 53.7 cm³/mol. The third-order valence-corrected chi connectivity index (χ3v) is 1.96. The van der Waals surface area contributed by atoms with Crippen molar-refractivity contribution in [1.82, 2.24) is 9.97 Å². The van der Waals surface area contributed by atoms with Crippen LogP contribution in [0.5, 0.6) is 5.75 Å². The molecule has 0 spiro atoms. The number of imidazole rings is 1. The molecule has 1 aromatic heterocycles. The zero-order valence-electron chi connectivity index (χ0n) is 8.15. The van der Waals surface area contributed by atoms with Crippen molar-refractivity contribution >= 4 is 17.0 Å². The van der Waals surface area contributed by atoms with Gasteiger partial charge >= 0.3 is 5.97 Å². The van der Waals surface area contributed by atoms with E-state index >= 15 is 0 Å². The summed E-state index contributed by atoms with van der Waals surface area (Å²) in [5.41, 5.74) is 0.985. The van der Waals surface area contributed by atoms with Crippen LogP contribution in [0.3, 0.4) is 0 Å². The Morgan fingerprint density at radius 2 is 2.40 bits per heavy atom. The van der Waals surface area contributed by atoms with Crippen molar-refractivity contribution in [2.45, 2.75) is 6.92 Å². The SMILES string of the molecule is CCOC(=O)c1nc2c(O)cccc2[nH]1. The number of phenols is 1. The molecule has 2 N–H and O–H groups in total. The molecule has 5 heteroatoms. The number of aromatic hydroxyl groups is 1. The summed E-state index contributed by atoms with van der Waals surface area (Å²) in [5, 5.41) is 9.46. The van der Waals surface area contributed by atoms with Crippen LogP contribution >= 0.6 is 0 Å². The molecule has 1 heterocycles. The lowest BCUT2D eigenvalue weighted by molar-refractivity contribution is 0.0514. The van der Waals surface area contributed by atoms with Crippen LogP contribution in [0.4, 0.5) is 0 Å². The number of H-pyrrole nitrogens is 1. The number of phenolic OH excluding ortho intramolecular Hbond substituents is 1. The molecule has 2 rings (SSSR count). The van der Waals surface area contributed by atoms with Crippen molar-refractivity contribution in [3.8, 4) is 5.75 Å². The van der Waals surface area contributed by atoms with E-state index in [2.05, 4.69) is 9.97 Å². The Hall–Kier alpha value is -2.04. The molecule has 0 fully saturated rings. The van der Waals surface area contributed by atoms with E-state index in [1.54, 1.807) is 19.1 Å².